The molecule has 12 nitrogen and oxygen atoms in total. The number of rotatable bonds is 4. The maximum absolute atomic E-state index is 10.8. The molecular formula is C7H7N5O7. The van der Waals surface area contributed by atoms with E-state index in [2.05, 4.69) is 4.74 Å². The highest BCUT2D eigenvalue weighted by molar-refractivity contribution is 5.92. The second-order valence-electron chi connectivity index (χ2n) is 3.18. The van der Waals surface area contributed by atoms with Gasteiger partial charge in [0.1, 0.15) is 0 Å². The van der Waals surface area contributed by atoms with Gasteiger partial charge in [-0.05, 0) is 0 Å². The second kappa shape index (κ2) is 4.59. The molecule has 0 atom stereocenters. The van der Waals surface area contributed by atoms with E-state index in [1.54, 1.807) is 0 Å². The zero-order valence-corrected chi connectivity index (χ0v) is 9.35. The third-order valence-corrected chi connectivity index (χ3v) is 2.20. The highest BCUT2D eigenvalue weighted by Crippen LogP contribution is 2.51. The molecule has 0 bridgehead atoms. The molecule has 4 N–H and O–H groups in total. The Hall–Kier alpha value is -3.18. The lowest BCUT2D eigenvalue weighted by molar-refractivity contribution is -0.401. The number of nitrogens with zero attached hydrogens (tertiary/aromatic N) is 3. The molecule has 1 aromatic rings. The van der Waals surface area contributed by atoms with Gasteiger partial charge in [0.2, 0.25) is 0 Å². The van der Waals surface area contributed by atoms with E-state index in [0.717, 1.165) is 7.11 Å². The quantitative estimate of drug-likeness (QED) is 0.448. The van der Waals surface area contributed by atoms with Crippen LogP contribution in [0.4, 0.5) is 28.4 Å². The molecule has 102 valence electrons. The van der Waals surface area contributed by atoms with Crippen molar-refractivity contribution in [3.63, 3.8) is 0 Å². The molecule has 0 aliphatic carbocycles. The second-order valence-corrected chi connectivity index (χ2v) is 3.18. The molecule has 19 heavy (non-hydrogen) atoms. The van der Waals surface area contributed by atoms with Crippen molar-refractivity contribution in [3.05, 3.63) is 30.3 Å². The van der Waals surface area contributed by atoms with E-state index in [1.807, 2.05) is 0 Å². The Kier molecular flexibility index (Phi) is 3.36. The van der Waals surface area contributed by atoms with Gasteiger partial charge >= 0.3 is 17.1 Å². The number of anilines is 2. The van der Waals surface area contributed by atoms with Gasteiger partial charge in [0.25, 0.3) is 5.75 Å². The summed E-state index contributed by atoms with van der Waals surface area (Å²) in [5.41, 5.74) is 5.47. The number of methoxy groups -OCH3 is 1. The van der Waals surface area contributed by atoms with Crippen LogP contribution < -0.4 is 16.2 Å². The predicted octanol–water partition coefficient (Wildman–Crippen LogP) is 0.584. The van der Waals surface area contributed by atoms with Crippen molar-refractivity contribution in [2.24, 2.45) is 0 Å². The summed E-state index contributed by atoms with van der Waals surface area (Å²) >= 11 is 0. The maximum Gasteiger partial charge on any atom is 0.348 e. The highest BCUT2D eigenvalue weighted by Gasteiger charge is 2.41. The smallest absolute Gasteiger partial charge is 0.348 e. The first kappa shape index (κ1) is 13.9. The van der Waals surface area contributed by atoms with E-state index >= 15 is 0 Å². The van der Waals surface area contributed by atoms with Crippen LogP contribution in [0.5, 0.6) is 5.75 Å². The summed E-state index contributed by atoms with van der Waals surface area (Å²) in [4.78, 5) is 29.0. The van der Waals surface area contributed by atoms with Crippen molar-refractivity contribution in [1.29, 1.82) is 0 Å². The Labute approximate surface area is 104 Å². The highest BCUT2D eigenvalue weighted by atomic mass is 16.6. The summed E-state index contributed by atoms with van der Waals surface area (Å²) in [5, 5.41) is 32.4. The van der Waals surface area contributed by atoms with Gasteiger partial charge in [0, 0.05) is 0 Å². The fourth-order valence-electron chi connectivity index (χ4n) is 1.48. The molecule has 0 saturated heterocycles. The minimum atomic E-state index is -1.13. The van der Waals surface area contributed by atoms with Crippen LogP contribution in [0.15, 0.2) is 0 Å². The van der Waals surface area contributed by atoms with E-state index in [-0.39, 0.29) is 0 Å². The minimum Gasteiger partial charge on any atom is -0.485 e. The molecule has 0 aromatic heterocycles. The molecule has 0 radical (unpaired) electrons. The van der Waals surface area contributed by atoms with Crippen LogP contribution in [0.2, 0.25) is 0 Å². The van der Waals surface area contributed by atoms with E-state index < -0.39 is 49.0 Å². The summed E-state index contributed by atoms with van der Waals surface area (Å²) in [6.45, 7) is 0. The fraction of sp³-hybridized carbons (Fsp3) is 0.143. The van der Waals surface area contributed by atoms with Crippen LogP contribution in [-0.4, -0.2) is 21.9 Å². The lowest BCUT2D eigenvalue weighted by atomic mass is 10.1. The largest absolute Gasteiger partial charge is 0.485 e. The molecule has 0 amide bonds. The van der Waals surface area contributed by atoms with Crippen molar-refractivity contribution in [2.75, 3.05) is 18.6 Å². The first-order valence-corrected chi connectivity index (χ1v) is 4.46. The normalized spacial score (nSPS) is 9.95. The van der Waals surface area contributed by atoms with E-state index in [4.69, 9.17) is 11.5 Å². The first-order valence-electron chi connectivity index (χ1n) is 4.46. The fourth-order valence-corrected chi connectivity index (χ4v) is 1.48. The predicted molar refractivity (Wildman–Crippen MR) is 61.8 cm³/mol. The topological polar surface area (TPSA) is 191 Å². The number of nitrogen functional groups attached to an aromatic ring is 2. The summed E-state index contributed by atoms with van der Waals surface area (Å²) in [6.07, 6.45) is 0. The van der Waals surface area contributed by atoms with Crippen molar-refractivity contribution < 1.29 is 19.5 Å². The molecule has 0 aliphatic rings. The number of nitro benzene ring substituents is 3. The summed E-state index contributed by atoms with van der Waals surface area (Å²) in [6, 6.07) is 0. The van der Waals surface area contributed by atoms with E-state index in [1.165, 1.54) is 0 Å². The monoisotopic (exact) mass is 273 g/mol. The van der Waals surface area contributed by atoms with Crippen LogP contribution in [0, 0.1) is 30.3 Å². The molecule has 1 aromatic carbocycles. The SMILES string of the molecule is COc1c([N+](=O)[O-])c(N)c([N+](=O)[O-])c(N)c1[N+](=O)[O-]. The summed E-state index contributed by atoms with van der Waals surface area (Å²) < 4.78 is 4.53. The standard InChI is InChI=1S/C7H7N5O7/c1-19-7-5(11(15)16)2(8)4(10(13)14)3(9)6(7)12(17)18/h8-9H2,1H3. The van der Waals surface area contributed by atoms with Gasteiger partial charge < -0.3 is 16.2 Å². The van der Waals surface area contributed by atoms with Gasteiger partial charge in [-0.1, -0.05) is 0 Å². The van der Waals surface area contributed by atoms with E-state index in [0.29, 0.717) is 0 Å². The molecule has 0 spiro atoms. The lowest BCUT2D eigenvalue weighted by Crippen LogP contribution is -2.09. The third kappa shape index (κ3) is 2.01. The maximum atomic E-state index is 10.8. The number of benzene rings is 1. The number of nitro groups is 3. The van der Waals surface area contributed by atoms with Crippen LogP contribution in [-0.2, 0) is 0 Å². The number of ether oxygens (including phenoxy) is 1. The zero-order chi connectivity index (χ0) is 14.9. The Morgan fingerprint density at radius 2 is 1.16 bits per heavy atom. The molecule has 0 fully saturated rings. The van der Waals surface area contributed by atoms with Gasteiger partial charge in [-0.3, -0.25) is 30.3 Å². The summed E-state index contributed by atoms with van der Waals surface area (Å²) in [7, 11) is 0.917. The number of nitrogens with two attached hydrogens (primary N) is 2. The van der Waals surface area contributed by atoms with Crippen molar-refractivity contribution in [3.8, 4) is 5.75 Å². The van der Waals surface area contributed by atoms with Crippen molar-refractivity contribution >= 4 is 28.4 Å². The Balaban J connectivity index is 3.99. The van der Waals surface area contributed by atoms with Gasteiger partial charge in [0.05, 0.1) is 21.9 Å². The van der Waals surface area contributed by atoms with Gasteiger partial charge in [-0.25, -0.2) is 0 Å². The number of hydrogen-bond acceptors (Lipinski definition) is 9. The first-order chi connectivity index (χ1) is 8.73. The molecule has 0 heterocycles. The van der Waals surface area contributed by atoms with Crippen LogP contribution in [0.1, 0.15) is 0 Å². The van der Waals surface area contributed by atoms with Crippen LogP contribution >= 0.6 is 0 Å². The zero-order valence-electron chi connectivity index (χ0n) is 9.35. The molecule has 1 rings (SSSR count). The molecule has 0 saturated carbocycles. The van der Waals surface area contributed by atoms with E-state index in [9.17, 15) is 30.3 Å². The van der Waals surface area contributed by atoms with Gasteiger partial charge in [-0.15, -0.1) is 0 Å². The van der Waals surface area contributed by atoms with Crippen LogP contribution in [0.25, 0.3) is 0 Å². The molecule has 12 heteroatoms. The third-order valence-electron chi connectivity index (χ3n) is 2.20. The Morgan fingerprint density at radius 1 is 0.842 bits per heavy atom. The Morgan fingerprint density at radius 3 is 1.37 bits per heavy atom. The minimum absolute atomic E-state index is 0.837. The van der Waals surface area contributed by atoms with Gasteiger partial charge in [-0.2, -0.15) is 0 Å². The number of hydrogen-bond donors (Lipinski definition) is 2. The van der Waals surface area contributed by atoms with Crippen LogP contribution in [0.3, 0.4) is 0 Å². The van der Waals surface area contributed by atoms with Crippen molar-refractivity contribution in [2.45, 2.75) is 0 Å². The molecule has 0 unspecified atom stereocenters. The lowest BCUT2D eigenvalue weighted by Gasteiger charge is -2.08. The van der Waals surface area contributed by atoms with Crippen molar-refractivity contribution in [1.82, 2.24) is 0 Å². The molecular weight excluding hydrogens is 266 g/mol. The molecule has 0 aliphatic heterocycles. The summed E-state index contributed by atoms with van der Waals surface area (Å²) in [5.74, 6) is -0.837. The van der Waals surface area contributed by atoms with Gasteiger partial charge in [0.15, 0.2) is 11.4 Å². The average Bonchev–Trinajstić information content (AvgIpc) is 2.25. The average molecular weight is 273 g/mol. The Bertz CT molecular complexity index is 557.